The lowest BCUT2D eigenvalue weighted by Gasteiger charge is -2.26. The summed E-state index contributed by atoms with van der Waals surface area (Å²) < 4.78 is 31.7. The molecule has 162 valence electrons. The van der Waals surface area contributed by atoms with Gasteiger partial charge in [0, 0.05) is 24.2 Å². The van der Waals surface area contributed by atoms with Gasteiger partial charge in [-0.15, -0.1) is 0 Å². The number of halogens is 1. The lowest BCUT2D eigenvalue weighted by molar-refractivity contribution is -0.153. The summed E-state index contributed by atoms with van der Waals surface area (Å²) in [6.07, 6.45) is -0.201. The molecule has 0 atom stereocenters. The van der Waals surface area contributed by atoms with Crippen LogP contribution in [-0.2, 0) is 30.9 Å². The number of esters is 1. The van der Waals surface area contributed by atoms with E-state index in [-0.39, 0.29) is 29.8 Å². The van der Waals surface area contributed by atoms with Crippen LogP contribution in [0.3, 0.4) is 0 Å². The Morgan fingerprint density at radius 1 is 1.10 bits per heavy atom. The Hall–Kier alpha value is -2.42. The molecule has 2 aromatic rings. The van der Waals surface area contributed by atoms with E-state index >= 15 is 0 Å². The van der Waals surface area contributed by atoms with E-state index in [1.165, 1.54) is 18.2 Å². The van der Waals surface area contributed by atoms with Gasteiger partial charge in [-0.25, -0.2) is 13.1 Å². The van der Waals surface area contributed by atoms with Crippen molar-refractivity contribution in [3.8, 4) is 0 Å². The Morgan fingerprint density at radius 3 is 2.43 bits per heavy atom. The number of nitrogens with zero attached hydrogens (tertiary/aromatic N) is 1. The zero-order chi connectivity index (χ0) is 22.1. The summed E-state index contributed by atoms with van der Waals surface area (Å²) in [4.78, 5) is 26.0. The molecule has 1 amide bonds. The van der Waals surface area contributed by atoms with Crippen LogP contribution in [0.2, 0.25) is 5.02 Å². The van der Waals surface area contributed by atoms with Crippen molar-refractivity contribution in [2.45, 2.75) is 37.8 Å². The molecule has 0 aliphatic carbocycles. The molecule has 1 N–H and O–H groups in total. The standard InChI is InChI=1S/C21H25ClN2O5S/c1-16(2)24(14-17-7-4-3-5-8-17)20(25)15-29-21(26)11-12-23-30(27,28)19-10-6-9-18(22)13-19/h3-10,13,16,23H,11-12,14-15H2,1-2H3. The van der Waals surface area contributed by atoms with Gasteiger partial charge >= 0.3 is 5.97 Å². The van der Waals surface area contributed by atoms with E-state index in [4.69, 9.17) is 16.3 Å². The second kappa shape index (κ2) is 11.1. The normalized spacial score (nSPS) is 11.3. The molecule has 0 saturated carbocycles. The van der Waals surface area contributed by atoms with Crippen LogP contribution in [0.5, 0.6) is 0 Å². The summed E-state index contributed by atoms with van der Waals surface area (Å²) in [5.74, 6) is -0.984. The van der Waals surface area contributed by atoms with Crippen LogP contribution < -0.4 is 4.72 Å². The van der Waals surface area contributed by atoms with Crippen LogP contribution in [0.4, 0.5) is 0 Å². The summed E-state index contributed by atoms with van der Waals surface area (Å²) in [6.45, 7) is 3.62. The maximum atomic E-state index is 12.5. The first-order valence-corrected chi connectivity index (χ1v) is 11.3. The van der Waals surface area contributed by atoms with Crippen LogP contribution in [-0.4, -0.2) is 44.4 Å². The fourth-order valence-electron chi connectivity index (χ4n) is 2.64. The van der Waals surface area contributed by atoms with E-state index in [2.05, 4.69) is 4.72 Å². The highest BCUT2D eigenvalue weighted by atomic mass is 35.5. The topological polar surface area (TPSA) is 92.8 Å². The fourth-order valence-corrected chi connectivity index (χ4v) is 3.97. The van der Waals surface area contributed by atoms with Gasteiger partial charge in [-0.2, -0.15) is 0 Å². The van der Waals surface area contributed by atoms with Crippen LogP contribution in [0.1, 0.15) is 25.8 Å². The summed E-state index contributed by atoms with van der Waals surface area (Å²) in [7, 11) is -3.79. The average Bonchev–Trinajstić information content (AvgIpc) is 2.70. The lowest BCUT2D eigenvalue weighted by Crippen LogP contribution is -2.39. The Morgan fingerprint density at radius 2 is 1.80 bits per heavy atom. The molecule has 0 aromatic heterocycles. The molecule has 7 nitrogen and oxygen atoms in total. The van der Waals surface area contributed by atoms with Gasteiger partial charge in [-0.3, -0.25) is 9.59 Å². The molecule has 0 aliphatic heterocycles. The smallest absolute Gasteiger partial charge is 0.307 e. The van der Waals surface area contributed by atoms with E-state index in [0.29, 0.717) is 11.6 Å². The molecule has 30 heavy (non-hydrogen) atoms. The number of rotatable bonds is 10. The number of amides is 1. The molecule has 2 rings (SSSR count). The monoisotopic (exact) mass is 452 g/mol. The first kappa shape index (κ1) is 23.9. The Balaban J connectivity index is 1.81. The minimum atomic E-state index is -3.79. The van der Waals surface area contributed by atoms with Gasteiger partial charge in [0.1, 0.15) is 0 Å². The molecule has 0 radical (unpaired) electrons. The third-order valence-electron chi connectivity index (χ3n) is 4.22. The number of hydrogen-bond acceptors (Lipinski definition) is 5. The van der Waals surface area contributed by atoms with Gasteiger partial charge in [-0.05, 0) is 37.6 Å². The van der Waals surface area contributed by atoms with Crippen LogP contribution in [0.25, 0.3) is 0 Å². The predicted molar refractivity (Wildman–Crippen MR) is 114 cm³/mol. The number of carbonyl (C=O) groups excluding carboxylic acids is 2. The number of sulfonamides is 1. The quantitative estimate of drug-likeness (QED) is 0.559. The number of hydrogen-bond donors (Lipinski definition) is 1. The molecule has 0 aliphatic rings. The highest BCUT2D eigenvalue weighted by Gasteiger charge is 2.20. The minimum Gasteiger partial charge on any atom is -0.456 e. The van der Waals surface area contributed by atoms with E-state index in [0.717, 1.165) is 5.56 Å². The third kappa shape index (κ3) is 7.44. The molecule has 0 unspecified atom stereocenters. The van der Waals surface area contributed by atoms with Crippen molar-refractivity contribution in [3.05, 3.63) is 65.2 Å². The van der Waals surface area contributed by atoms with Gasteiger partial charge in [0.25, 0.3) is 5.91 Å². The van der Waals surface area contributed by atoms with E-state index in [1.807, 2.05) is 44.2 Å². The molecule has 0 heterocycles. The van der Waals surface area contributed by atoms with Crippen molar-refractivity contribution in [2.75, 3.05) is 13.2 Å². The summed E-state index contributed by atoms with van der Waals surface area (Å²) >= 11 is 5.80. The van der Waals surface area contributed by atoms with Gasteiger partial charge in [0.15, 0.2) is 6.61 Å². The molecule has 9 heteroatoms. The fraction of sp³-hybridized carbons (Fsp3) is 0.333. The molecular formula is C21H25ClN2O5S. The van der Waals surface area contributed by atoms with Crippen molar-refractivity contribution in [2.24, 2.45) is 0 Å². The third-order valence-corrected chi connectivity index (χ3v) is 5.92. The second-order valence-corrected chi connectivity index (χ2v) is 9.07. The maximum Gasteiger partial charge on any atom is 0.307 e. The molecule has 2 aromatic carbocycles. The highest BCUT2D eigenvalue weighted by Crippen LogP contribution is 2.15. The molecule has 0 saturated heterocycles. The van der Waals surface area contributed by atoms with E-state index in [1.54, 1.807) is 11.0 Å². The first-order valence-electron chi connectivity index (χ1n) is 9.43. The summed E-state index contributed by atoms with van der Waals surface area (Å²) in [5, 5.41) is 0.293. The largest absolute Gasteiger partial charge is 0.456 e. The van der Waals surface area contributed by atoms with Crippen molar-refractivity contribution in [3.63, 3.8) is 0 Å². The lowest BCUT2D eigenvalue weighted by atomic mass is 10.2. The second-order valence-electron chi connectivity index (χ2n) is 6.87. The summed E-state index contributed by atoms with van der Waals surface area (Å²) in [5.41, 5.74) is 0.973. The first-order chi connectivity index (χ1) is 14.2. The Bertz CT molecular complexity index is 964. The van der Waals surface area contributed by atoms with E-state index in [9.17, 15) is 18.0 Å². The van der Waals surface area contributed by atoms with Crippen molar-refractivity contribution in [1.29, 1.82) is 0 Å². The zero-order valence-electron chi connectivity index (χ0n) is 16.9. The highest BCUT2D eigenvalue weighted by molar-refractivity contribution is 7.89. The van der Waals surface area contributed by atoms with Crippen LogP contribution in [0.15, 0.2) is 59.5 Å². The summed E-state index contributed by atoms with van der Waals surface area (Å²) in [6, 6.07) is 15.2. The number of ether oxygens (including phenoxy) is 1. The van der Waals surface area contributed by atoms with Gasteiger partial charge in [-0.1, -0.05) is 48.0 Å². The predicted octanol–water partition coefficient (Wildman–Crippen LogP) is 2.99. The minimum absolute atomic E-state index is 0.00651. The van der Waals surface area contributed by atoms with E-state index < -0.39 is 22.6 Å². The molecular weight excluding hydrogens is 428 g/mol. The number of carbonyl (C=O) groups is 2. The van der Waals surface area contributed by atoms with Crippen LogP contribution in [0, 0.1) is 0 Å². The number of benzene rings is 2. The molecule has 0 bridgehead atoms. The maximum absolute atomic E-state index is 12.5. The Kier molecular flexibility index (Phi) is 8.83. The van der Waals surface area contributed by atoms with Crippen molar-refractivity contribution in [1.82, 2.24) is 9.62 Å². The van der Waals surface area contributed by atoms with Crippen LogP contribution >= 0.6 is 11.6 Å². The average molecular weight is 453 g/mol. The molecule has 0 fully saturated rings. The van der Waals surface area contributed by atoms with Gasteiger partial charge in [0.05, 0.1) is 11.3 Å². The zero-order valence-corrected chi connectivity index (χ0v) is 18.4. The van der Waals surface area contributed by atoms with Crippen molar-refractivity contribution < 1.29 is 22.7 Å². The SMILES string of the molecule is CC(C)N(Cc1ccccc1)C(=O)COC(=O)CCNS(=O)(=O)c1cccc(Cl)c1. The Labute approximate surface area is 182 Å². The van der Waals surface area contributed by atoms with Gasteiger partial charge in [0.2, 0.25) is 10.0 Å². The van der Waals surface area contributed by atoms with Gasteiger partial charge < -0.3 is 9.64 Å². The van der Waals surface area contributed by atoms with Crippen molar-refractivity contribution >= 4 is 33.5 Å². The molecule has 0 spiro atoms. The number of nitrogens with one attached hydrogen (secondary N) is 1.